The van der Waals surface area contributed by atoms with E-state index in [-0.39, 0.29) is 0 Å². The lowest BCUT2D eigenvalue weighted by Crippen LogP contribution is -1.91. The maximum atomic E-state index is 10.4. The van der Waals surface area contributed by atoms with E-state index < -0.39 is 0 Å². The highest BCUT2D eigenvalue weighted by Gasteiger charge is 1.91. The van der Waals surface area contributed by atoms with Crippen LogP contribution in [-0.2, 0) is 9.59 Å². The quantitative estimate of drug-likeness (QED) is 0.657. The molecular formula is C12H24O2. The molecule has 0 unspecified atom stereocenters. The fourth-order valence-electron chi connectivity index (χ4n) is 0.911. The fourth-order valence-corrected chi connectivity index (χ4v) is 0.911. The molecule has 0 spiro atoms. The van der Waals surface area contributed by atoms with Gasteiger partial charge in [-0.1, -0.05) is 27.7 Å². The van der Waals surface area contributed by atoms with Gasteiger partial charge in [0.15, 0.2) is 0 Å². The van der Waals surface area contributed by atoms with Crippen LogP contribution in [0.1, 0.15) is 66.2 Å². The summed E-state index contributed by atoms with van der Waals surface area (Å²) in [5.74, 6) is 0.755. The van der Waals surface area contributed by atoms with Crippen molar-refractivity contribution in [3.05, 3.63) is 0 Å². The molecule has 0 saturated heterocycles. The Bertz CT molecular complexity index is 132. The zero-order valence-corrected chi connectivity index (χ0v) is 10.1. The molecular weight excluding hydrogens is 176 g/mol. The molecule has 0 atom stereocenters. The van der Waals surface area contributed by atoms with Crippen molar-refractivity contribution in [1.82, 2.24) is 0 Å². The number of carbonyl (C=O) groups is 2. The number of carbonyl (C=O) groups excluding carboxylic acids is 2. The molecule has 0 aromatic rings. The Hall–Kier alpha value is -0.660. The Balaban J connectivity index is 0. The second-order valence-electron chi connectivity index (χ2n) is 3.28. The molecule has 0 aliphatic heterocycles. The summed E-state index contributed by atoms with van der Waals surface area (Å²) in [5.41, 5.74) is 0. The monoisotopic (exact) mass is 200 g/mol. The Morgan fingerprint density at radius 1 is 0.714 bits per heavy atom. The van der Waals surface area contributed by atoms with Gasteiger partial charge in [-0.3, -0.25) is 9.59 Å². The van der Waals surface area contributed by atoms with Crippen LogP contribution in [0.2, 0.25) is 0 Å². The van der Waals surface area contributed by atoms with E-state index in [1.165, 1.54) is 0 Å². The molecule has 0 bridgehead atoms. The van der Waals surface area contributed by atoms with Crippen molar-refractivity contribution in [2.24, 2.45) is 0 Å². The number of rotatable bonds is 6. The lowest BCUT2D eigenvalue weighted by molar-refractivity contribution is -0.119. The van der Waals surface area contributed by atoms with Crippen LogP contribution in [0, 0.1) is 0 Å². The number of ketones is 2. The minimum atomic E-state index is 0.377. The Morgan fingerprint density at radius 3 is 1.07 bits per heavy atom. The third-order valence-corrected chi connectivity index (χ3v) is 1.85. The normalized spacial score (nSPS) is 8.86. The smallest absolute Gasteiger partial charge is 0.132 e. The lowest BCUT2D eigenvalue weighted by atomic mass is 10.2. The molecule has 0 rings (SSSR count). The maximum Gasteiger partial charge on any atom is 0.132 e. The van der Waals surface area contributed by atoms with Crippen LogP contribution in [0.5, 0.6) is 0 Å². The van der Waals surface area contributed by atoms with Gasteiger partial charge >= 0.3 is 0 Å². The second kappa shape index (κ2) is 12.3. The van der Waals surface area contributed by atoms with Crippen LogP contribution in [0.15, 0.2) is 0 Å². The summed E-state index contributed by atoms with van der Waals surface area (Å²) in [4.78, 5) is 20.8. The van der Waals surface area contributed by atoms with Gasteiger partial charge in [0, 0.05) is 25.7 Å². The standard InChI is InChI=1S/2C6H12O/c2*1-3-5-6(7)4-2/h2*3-5H2,1-2H3. The zero-order chi connectivity index (χ0) is 11.4. The van der Waals surface area contributed by atoms with Gasteiger partial charge in [0.05, 0.1) is 0 Å². The van der Waals surface area contributed by atoms with Crippen LogP contribution in [0.3, 0.4) is 0 Å². The fraction of sp³-hybridized carbons (Fsp3) is 0.833. The van der Waals surface area contributed by atoms with Gasteiger partial charge in [-0.25, -0.2) is 0 Å². The summed E-state index contributed by atoms with van der Waals surface area (Å²) in [7, 11) is 0. The SMILES string of the molecule is CCCC(=O)CC.CCCC(=O)CC. The lowest BCUT2D eigenvalue weighted by Gasteiger charge is -1.87. The molecule has 2 nitrogen and oxygen atoms in total. The first-order chi connectivity index (χ1) is 6.62. The Kier molecular flexibility index (Phi) is 13.9. The molecule has 0 heterocycles. The predicted octanol–water partition coefficient (Wildman–Crippen LogP) is 3.53. The molecule has 0 fully saturated rings. The van der Waals surface area contributed by atoms with E-state index in [0.29, 0.717) is 24.4 Å². The highest BCUT2D eigenvalue weighted by Crippen LogP contribution is 1.91. The molecule has 0 aliphatic rings. The molecule has 0 aromatic carbocycles. The van der Waals surface area contributed by atoms with Crippen molar-refractivity contribution in [2.75, 3.05) is 0 Å². The van der Waals surface area contributed by atoms with E-state index in [1.54, 1.807) is 0 Å². The topological polar surface area (TPSA) is 34.1 Å². The van der Waals surface area contributed by atoms with E-state index in [1.807, 2.05) is 27.7 Å². The van der Waals surface area contributed by atoms with Gasteiger partial charge in [-0.2, -0.15) is 0 Å². The molecule has 0 radical (unpaired) electrons. The average Bonchev–Trinajstić information content (AvgIpc) is 2.19. The van der Waals surface area contributed by atoms with E-state index in [4.69, 9.17) is 0 Å². The Labute approximate surface area is 88.1 Å². The largest absolute Gasteiger partial charge is 0.300 e. The average molecular weight is 200 g/mol. The van der Waals surface area contributed by atoms with E-state index in [0.717, 1.165) is 25.7 Å². The first-order valence-electron chi connectivity index (χ1n) is 5.65. The highest BCUT2D eigenvalue weighted by molar-refractivity contribution is 5.78. The van der Waals surface area contributed by atoms with Crippen LogP contribution in [-0.4, -0.2) is 11.6 Å². The van der Waals surface area contributed by atoms with Crippen molar-refractivity contribution in [2.45, 2.75) is 66.2 Å². The molecule has 0 aromatic heterocycles. The van der Waals surface area contributed by atoms with Crippen molar-refractivity contribution in [3.8, 4) is 0 Å². The first kappa shape index (κ1) is 15.8. The first-order valence-corrected chi connectivity index (χ1v) is 5.65. The summed E-state index contributed by atoms with van der Waals surface area (Å²) in [6.45, 7) is 7.84. The molecule has 0 aliphatic carbocycles. The minimum Gasteiger partial charge on any atom is -0.300 e. The second-order valence-corrected chi connectivity index (χ2v) is 3.28. The van der Waals surface area contributed by atoms with Crippen molar-refractivity contribution < 1.29 is 9.59 Å². The van der Waals surface area contributed by atoms with Crippen LogP contribution >= 0.6 is 0 Å². The van der Waals surface area contributed by atoms with Crippen LogP contribution in [0.4, 0.5) is 0 Å². The zero-order valence-electron chi connectivity index (χ0n) is 10.1. The van der Waals surface area contributed by atoms with Gasteiger partial charge in [-0.05, 0) is 12.8 Å². The van der Waals surface area contributed by atoms with Gasteiger partial charge in [-0.15, -0.1) is 0 Å². The van der Waals surface area contributed by atoms with E-state index in [9.17, 15) is 9.59 Å². The van der Waals surface area contributed by atoms with Crippen molar-refractivity contribution in [1.29, 1.82) is 0 Å². The summed E-state index contributed by atoms with van der Waals surface area (Å²) >= 11 is 0. The summed E-state index contributed by atoms with van der Waals surface area (Å²) in [5, 5.41) is 0. The number of hydrogen-bond acceptors (Lipinski definition) is 2. The van der Waals surface area contributed by atoms with Gasteiger partial charge in [0.25, 0.3) is 0 Å². The number of Topliss-reactive ketones (excluding diaryl/α,β-unsaturated/α-hetero) is 2. The van der Waals surface area contributed by atoms with E-state index in [2.05, 4.69) is 0 Å². The predicted molar refractivity (Wildman–Crippen MR) is 60.4 cm³/mol. The highest BCUT2D eigenvalue weighted by atomic mass is 16.1. The van der Waals surface area contributed by atoms with Crippen molar-refractivity contribution in [3.63, 3.8) is 0 Å². The van der Waals surface area contributed by atoms with Crippen LogP contribution in [0.25, 0.3) is 0 Å². The third kappa shape index (κ3) is 13.9. The Morgan fingerprint density at radius 2 is 1.00 bits per heavy atom. The molecule has 2 heteroatoms. The number of hydrogen-bond donors (Lipinski definition) is 0. The van der Waals surface area contributed by atoms with Gasteiger partial charge in [0.2, 0.25) is 0 Å². The minimum absolute atomic E-state index is 0.377. The molecule has 84 valence electrons. The van der Waals surface area contributed by atoms with Crippen LogP contribution < -0.4 is 0 Å². The summed E-state index contributed by atoms with van der Waals surface area (Å²) in [6.07, 6.45) is 4.91. The molecule has 0 saturated carbocycles. The molecule has 14 heavy (non-hydrogen) atoms. The summed E-state index contributed by atoms with van der Waals surface area (Å²) in [6, 6.07) is 0. The molecule has 0 N–H and O–H groups in total. The summed E-state index contributed by atoms with van der Waals surface area (Å²) < 4.78 is 0. The third-order valence-electron chi connectivity index (χ3n) is 1.85. The van der Waals surface area contributed by atoms with E-state index >= 15 is 0 Å². The van der Waals surface area contributed by atoms with Gasteiger partial charge < -0.3 is 0 Å². The molecule has 0 amide bonds. The van der Waals surface area contributed by atoms with Gasteiger partial charge in [0.1, 0.15) is 11.6 Å². The van der Waals surface area contributed by atoms with Crippen molar-refractivity contribution >= 4 is 11.6 Å². The maximum absolute atomic E-state index is 10.4.